The second-order valence-corrected chi connectivity index (χ2v) is 15.1. The topological polar surface area (TPSA) is 61.6 Å². The molecule has 2 N–H and O–H groups in total. The molecular formula is C11H29NO3Si3. The first-order valence-corrected chi connectivity index (χ1v) is 14.7. The summed E-state index contributed by atoms with van der Waals surface area (Å²) in [6, 6.07) is 0.972. The van der Waals surface area contributed by atoms with Crippen LogP contribution in [0, 0.1) is 5.92 Å². The van der Waals surface area contributed by atoms with Crippen molar-refractivity contribution in [2.24, 2.45) is 11.7 Å². The first-order valence-electron chi connectivity index (χ1n) is 6.77. The number of rotatable bonds is 9. The van der Waals surface area contributed by atoms with Crippen LogP contribution >= 0.6 is 0 Å². The van der Waals surface area contributed by atoms with Gasteiger partial charge in [0.15, 0.2) is 8.32 Å². The molecular weight excluding hydrogens is 278 g/mol. The van der Waals surface area contributed by atoms with Gasteiger partial charge in [0.25, 0.3) is 0 Å². The summed E-state index contributed by atoms with van der Waals surface area (Å²) in [7, 11) is -4.11. The monoisotopic (exact) mass is 307 g/mol. The molecule has 18 heavy (non-hydrogen) atoms. The van der Waals surface area contributed by atoms with Gasteiger partial charge in [-0.05, 0) is 45.1 Å². The molecule has 108 valence electrons. The van der Waals surface area contributed by atoms with Crippen molar-refractivity contribution in [3.8, 4) is 0 Å². The lowest BCUT2D eigenvalue weighted by Crippen LogP contribution is -2.47. The van der Waals surface area contributed by atoms with E-state index in [2.05, 4.69) is 32.7 Å². The van der Waals surface area contributed by atoms with Gasteiger partial charge in [0, 0.05) is 5.92 Å². The zero-order valence-corrected chi connectivity index (χ0v) is 16.1. The van der Waals surface area contributed by atoms with Gasteiger partial charge in [0.1, 0.15) is 9.76 Å². The number of hydrogen-bond acceptors (Lipinski definition) is 3. The highest BCUT2D eigenvalue weighted by Crippen LogP contribution is 2.23. The molecule has 0 fully saturated rings. The minimum atomic E-state index is -1.94. The number of carbonyl (C=O) groups is 1. The van der Waals surface area contributed by atoms with Crippen LogP contribution in [0.2, 0.25) is 38.8 Å². The molecule has 0 rings (SSSR count). The van der Waals surface area contributed by atoms with Crippen LogP contribution in [0.1, 0.15) is 19.8 Å². The summed E-state index contributed by atoms with van der Waals surface area (Å²) in [6.45, 7) is 12.8. The van der Waals surface area contributed by atoms with Gasteiger partial charge in [-0.2, -0.15) is 0 Å². The molecule has 7 heteroatoms. The highest BCUT2D eigenvalue weighted by molar-refractivity contribution is 6.83. The van der Waals surface area contributed by atoms with E-state index < -0.39 is 26.6 Å². The van der Waals surface area contributed by atoms with E-state index >= 15 is 0 Å². The van der Waals surface area contributed by atoms with Crippen LogP contribution in [0.25, 0.3) is 0 Å². The zero-order chi connectivity index (χ0) is 14.4. The lowest BCUT2D eigenvalue weighted by atomic mass is 10.0. The molecule has 0 saturated carbocycles. The van der Waals surface area contributed by atoms with E-state index in [-0.39, 0.29) is 11.8 Å². The third-order valence-corrected chi connectivity index (χ3v) is 12.6. The Bertz CT molecular complexity index is 272. The van der Waals surface area contributed by atoms with Crippen LogP contribution in [0.5, 0.6) is 0 Å². The zero-order valence-electron chi connectivity index (χ0n) is 12.7. The summed E-state index contributed by atoms with van der Waals surface area (Å²) >= 11 is 0. The van der Waals surface area contributed by atoms with Crippen molar-refractivity contribution >= 4 is 32.5 Å². The Labute approximate surface area is 116 Å². The minimum Gasteiger partial charge on any atom is -0.442 e. The maximum atomic E-state index is 11.2. The quantitative estimate of drug-likeness (QED) is 0.662. The summed E-state index contributed by atoms with van der Waals surface area (Å²) in [5, 5.41) is 0. The van der Waals surface area contributed by atoms with Crippen molar-refractivity contribution in [2.45, 2.75) is 58.5 Å². The van der Waals surface area contributed by atoms with Crippen LogP contribution < -0.4 is 5.73 Å². The number of nitrogens with two attached hydrogens (primary N) is 1. The smallest absolute Gasteiger partial charge is 0.310 e. The summed E-state index contributed by atoms with van der Waals surface area (Å²) < 4.78 is 12.1. The fraction of sp³-hybridized carbons (Fsp3) is 0.909. The van der Waals surface area contributed by atoms with E-state index in [1.54, 1.807) is 0 Å². The van der Waals surface area contributed by atoms with Crippen molar-refractivity contribution in [2.75, 3.05) is 0 Å². The fourth-order valence-corrected chi connectivity index (χ4v) is 12.5. The summed E-state index contributed by atoms with van der Waals surface area (Å²) in [4.78, 5) is 11.2. The first kappa shape index (κ1) is 18.0. The Morgan fingerprint density at radius 2 is 1.89 bits per heavy atom. The first-order chi connectivity index (χ1) is 8.13. The second-order valence-electron chi connectivity index (χ2n) is 5.74. The fourth-order valence-electron chi connectivity index (χ4n) is 2.16. The molecule has 1 atom stereocenters. The third-order valence-electron chi connectivity index (χ3n) is 3.00. The Kier molecular flexibility index (Phi) is 7.60. The highest BCUT2D eigenvalue weighted by Gasteiger charge is 2.34. The lowest BCUT2D eigenvalue weighted by Gasteiger charge is -2.34. The lowest BCUT2D eigenvalue weighted by molar-refractivity contribution is -0.121. The maximum Gasteiger partial charge on any atom is 0.310 e. The van der Waals surface area contributed by atoms with Gasteiger partial charge in [-0.15, -0.1) is 0 Å². The molecule has 4 nitrogen and oxygen atoms in total. The van der Waals surface area contributed by atoms with Crippen molar-refractivity contribution in [1.29, 1.82) is 0 Å². The predicted octanol–water partition coefficient (Wildman–Crippen LogP) is 1.96. The van der Waals surface area contributed by atoms with Crippen LogP contribution in [0.15, 0.2) is 0 Å². The standard InChI is InChI=1S/C11H29NO3Si3/c1-7-10(11(12)13)8-9-17(3,4)15-18(5,6)14-16-2/h10H,7-9,16H2,1-6H3,(H2,12,13). The molecule has 1 unspecified atom stereocenters. The van der Waals surface area contributed by atoms with Crippen molar-refractivity contribution < 1.29 is 13.0 Å². The molecule has 0 saturated heterocycles. The van der Waals surface area contributed by atoms with Crippen molar-refractivity contribution in [3.05, 3.63) is 0 Å². The molecule has 0 aromatic carbocycles. The Balaban J connectivity index is 4.34. The number of hydrogen-bond donors (Lipinski definition) is 1. The van der Waals surface area contributed by atoms with E-state index in [1.165, 1.54) is 0 Å². The normalized spacial score (nSPS) is 15.2. The summed E-state index contributed by atoms with van der Waals surface area (Å²) in [6.07, 6.45) is 1.66. The van der Waals surface area contributed by atoms with Crippen LogP contribution in [0.3, 0.4) is 0 Å². The van der Waals surface area contributed by atoms with Gasteiger partial charge in [0.2, 0.25) is 5.91 Å². The van der Waals surface area contributed by atoms with E-state index in [1.807, 2.05) is 6.92 Å². The number of amides is 1. The molecule has 0 aliphatic heterocycles. The largest absolute Gasteiger partial charge is 0.442 e. The van der Waals surface area contributed by atoms with E-state index in [0.717, 1.165) is 18.9 Å². The van der Waals surface area contributed by atoms with Crippen LogP contribution in [-0.4, -0.2) is 32.5 Å². The van der Waals surface area contributed by atoms with Gasteiger partial charge in [-0.1, -0.05) is 13.5 Å². The molecule has 0 radical (unpaired) electrons. The number of primary amides is 1. The molecule has 0 aliphatic carbocycles. The maximum absolute atomic E-state index is 11.2. The molecule has 1 amide bonds. The van der Waals surface area contributed by atoms with E-state index in [0.29, 0.717) is 0 Å². The molecule has 0 heterocycles. The van der Waals surface area contributed by atoms with Gasteiger partial charge in [-0.25, -0.2) is 0 Å². The van der Waals surface area contributed by atoms with Gasteiger partial charge in [0.05, 0.1) is 0 Å². The minimum absolute atomic E-state index is 0.00776. The Morgan fingerprint density at radius 3 is 2.28 bits per heavy atom. The van der Waals surface area contributed by atoms with Crippen LogP contribution in [-0.2, 0) is 13.0 Å². The predicted molar refractivity (Wildman–Crippen MR) is 83.9 cm³/mol. The third kappa shape index (κ3) is 7.47. The molecule has 0 aromatic rings. The average Bonchev–Trinajstić information content (AvgIpc) is 2.15. The molecule has 0 spiro atoms. The van der Waals surface area contributed by atoms with Gasteiger partial charge in [-0.3, -0.25) is 4.79 Å². The van der Waals surface area contributed by atoms with Gasteiger partial charge >= 0.3 is 8.56 Å². The van der Waals surface area contributed by atoms with E-state index in [9.17, 15) is 4.79 Å². The number of carbonyl (C=O) groups excluding carboxylic acids is 1. The van der Waals surface area contributed by atoms with Gasteiger partial charge < -0.3 is 14.0 Å². The molecule has 0 aromatic heterocycles. The Hall–Kier alpha value is 0.0406. The highest BCUT2D eigenvalue weighted by atomic mass is 28.5. The Morgan fingerprint density at radius 1 is 1.33 bits per heavy atom. The second kappa shape index (κ2) is 7.59. The average molecular weight is 308 g/mol. The molecule has 0 aliphatic rings. The van der Waals surface area contributed by atoms with Crippen molar-refractivity contribution in [1.82, 2.24) is 0 Å². The SMILES string of the molecule is CCC(CC[Si](C)(C)O[Si](C)(C)O[SiH2]C)C(N)=O. The molecule has 0 bridgehead atoms. The summed E-state index contributed by atoms with van der Waals surface area (Å²) in [5.41, 5.74) is 5.38. The summed E-state index contributed by atoms with van der Waals surface area (Å²) in [5.74, 6) is -0.192. The van der Waals surface area contributed by atoms with E-state index in [4.69, 9.17) is 14.0 Å². The van der Waals surface area contributed by atoms with Crippen LogP contribution in [0.4, 0.5) is 0 Å². The van der Waals surface area contributed by atoms with Crippen molar-refractivity contribution in [3.63, 3.8) is 0 Å².